The fraction of sp³-hybridized carbons (Fsp3) is 0.500. The van der Waals surface area contributed by atoms with Crippen LogP contribution in [0.2, 0.25) is 0 Å². The van der Waals surface area contributed by atoms with Gasteiger partial charge in [-0.05, 0) is 50.3 Å². The van der Waals surface area contributed by atoms with Crippen molar-refractivity contribution < 1.29 is 9.53 Å². The van der Waals surface area contributed by atoms with Crippen molar-refractivity contribution in [2.45, 2.75) is 26.2 Å². The van der Waals surface area contributed by atoms with Gasteiger partial charge in [0.2, 0.25) is 0 Å². The van der Waals surface area contributed by atoms with Crippen molar-refractivity contribution in [2.75, 3.05) is 40.3 Å². The van der Waals surface area contributed by atoms with Crippen LogP contribution in [0, 0.1) is 12.8 Å². The molecule has 1 aromatic carbocycles. The van der Waals surface area contributed by atoms with Crippen LogP contribution in [0.5, 0.6) is 5.75 Å². The van der Waals surface area contributed by atoms with Crippen molar-refractivity contribution in [3.05, 3.63) is 53.6 Å². The number of para-hydroxylation sites is 1. The summed E-state index contributed by atoms with van der Waals surface area (Å²) in [5.41, 5.74) is 1.80. The van der Waals surface area contributed by atoms with E-state index in [-0.39, 0.29) is 5.91 Å². The third-order valence-corrected chi connectivity index (χ3v) is 5.40. The number of amides is 1. The number of hydrogen-bond acceptors (Lipinski definition) is 5. The normalized spacial score (nSPS) is 17.3. The summed E-state index contributed by atoms with van der Waals surface area (Å²) in [7, 11) is 3.59. The molecule has 3 rings (SSSR count). The van der Waals surface area contributed by atoms with E-state index in [1.54, 1.807) is 19.5 Å². The van der Waals surface area contributed by atoms with Gasteiger partial charge in [0, 0.05) is 39.1 Å². The molecule has 0 N–H and O–H groups in total. The highest BCUT2D eigenvalue weighted by atomic mass is 16.5. The Morgan fingerprint density at radius 1 is 1.29 bits per heavy atom. The maximum Gasteiger partial charge on any atom is 0.256 e. The molecule has 1 aliphatic rings. The van der Waals surface area contributed by atoms with Crippen LogP contribution in [0.3, 0.4) is 0 Å². The van der Waals surface area contributed by atoms with Gasteiger partial charge in [0.05, 0.1) is 12.7 Å². The third kappa shape index (κ3) is 5.29. The van der Waals surface area contributed by atoms with Gasteiger partial charge in [-0.3, -0.25) is 4.79 Å². The van der Waals surface area contributed by atoms with Crippen molar-refractivity contribution in [2.24, 2.45) is 5.92 Å². The van der Waals surface area contributed by atoms with Crippen LogP contribution in [0.4, 0.5) is 0 Å². The van der Waals surface area contributed by atoms with Crippen LogP contribution in [-0.4, -0.2) is 66.0 Å². The van der Waals surface area contributed by atoms with E-state index in [1.165, 1.54) is 12.0 Å². The molecule has 0 unspecified atom stereocenters. The topological polar surface area (TPSA) is 58.6 Å². The average Bonchev–Trinajstić information content (AvgIpc) is 2.72. The standard InChI is InChI=1S/C22H30N4O2/c1-17-23-13-20(14-24-17)22(27)25(2)15-18-7-6-11-26(16-18)12-10-19-8-4-5-9-21(19)28-3/h4-5,8-9,13-14,18H,6-7,10-12,15-16H2,1-3H3/t18-/m1/s1. The molecule has 0 aliphatic carbocycles. The lowest BCUT2D eigenvalue weighted by molar-refractivity contribution is 0.0729. The van der Waals surface area contributed by atoms with Gasteiger partial charge in [0.1, 0.15) is 11.6 Å². The molecule has 2 heterocycles. The second-order valence-electron chi connectivity index (χ2n) is 7.58. The fourth-order valence-corrected chi connectivity index (χ4v) is 3.89. The summed E-state index contributed by atoms with van der Waals surface area (Å²) in [6.45, 7) is 5.74. The molecule has 6 heteroatoms. The van der Waals surface area contributed by atoms with Crippen molar-refractivity contribution in [3.63, 3.8) is 0 Å². The predicted octanol–water partition coefficient (Wildman–Crippen LogP) is 2.82. The number of ether oxygens (including phenoxy) is 1. The quantitative estimate of drug-likeness (QED) is 0.737. The molecular weight excluding hydrogens is 352 g/mol. The van der Waals surface area contributed by atoms with E-state index in [0.29, 0.717) is 17.3 Å². The maximum atomic E-state index is 12.6. The number of aryl methyl sites for hydroxylation is 1. The van der Waals surface area contributed by atoms with Crippen LogP contribution < -0.4 is 4.74 Å². The summed E-state index contributed by atoms with van der Waals surface area (Å²) >= 11 is 0. The Morgan fingerprint density at radius 2 is 2.04 bits per heavy atom. The molecule has 1 aliphatic heterocycles. The maximum absolute atomic E-state index is 12.6. The number of piperidine rings is 1. The number of likely N-dealkylation sites (tertiary alicyclic amines) is 1. The minimum atomic E-state index is -0.00820. The second-order valence-corrected chi connectivity index (χ2v) is 7.58. The average molecular weight is 383 g/mol. The summed E-state index contributed by atoms with van der Waals surface area (Å²) in [5, 5.41) is 0. The number of carbonyl (C=O) groups excluding carboxylic acids is 1. The number of nitrogens with zero attached hydrogens (tertiary/aromatic N) is 4. The molecule has 1 amide bonds. The summed E-state index contributed by atoms with van der Waals surface area (Å²) in [4.78, 5) is 25.2. The van der Waals surface area contributed by atoms with Crippen LogP contribution in [0.1, 0.15) is 34.6 Å². The van der Waals surface area contributed by atoms with Gasteiger partial charge in [-0.25, -0.2) is 9.97 Å². The lowest BCUT2D eigenvalue weighted by Crippen LogP contribution is -2.42. The van der Waals surface area contributed by atoms with Crippen LogP contribution >= 0.6 is 0 Å². The van der Waals surface area contributed by atoms with E-state index in [2.05, 4.69) is 27.0 Å². The molecule has 28 heavy (non-hydrogen) atoms. The van der Waals surface area contributed by atoms with Crippen LogP contribution in [0.25, 0.3) is 0 Å². The van der Waals surface area contributed by atoms with E-state index in [0.717, 1.165) is 44.8 Å². The summed E-state index contributed by atoms with van der Waals surface area (Å²) in [6.07, 6.45) is 6.54. The summed E-state index contributed by atoms with van der Waals surface area (Å²) in [5.74, 6) is 2.12. The number of hydrogen-bond donors (Lipinski definition) is 0. The summed E-state index contributed by atoms with van der Waals surface area (Å²) in [6, 6.07) is 8.22. The summed E-state index contributed by atoms with van der Waals surface area (Å²) < 4.78 is 5.46. The van der Waals surface area contributed by atoms with E-state index < -0.39 is 0 Å². The van der Waals surface area contributed by atoms with Crippen LogP contribution in [-0.2, 0) is 6.42 Å². The Balaban J connectivity index is 1.51. The molecule has 0 spiro atoms. The van der Waals surface area contributed by atoms with Gasteiger partial charge in [-0.1, -0.05) is 18.2 Å². The molecular formula is C22H30N4O2. The van der Waals surface area contributed by atoms with Crippen molar-refractivity contribution in [3.8, 4) is 5.75 Å². The zero-order valence-electron chi connectivity index (χ0n) is 17.1. The SMILES string of the molecule is COc1ccccc1CCN1CCC[C@H](CN(C)C(=O)c2cnc(C)nc2)C1. The third-order valence-electron chi connectivity index (χ3n) is 5.40. The first-order chi connectivity index (χ1) is 13.6. The zero-order chi connectivity index (χ0) is 19.9. The molecule has 2 aromatic rings. The Hall–Kier alpha value is -2.47. The molecule has 1 fully saturated rings. The number of aromatic nitrogens is 2. The predicted molar refractivity (Wildman–Crippen MR) is 110 cm³/mol. The number of benzene rings is 1. The molecule has 1 atom stereocenters. The Morgan fingerprint density at radius 3 is 2.79 bits per heavy atom. The first-order valence-corrected chi connectivity index (χ1v) is 9.95. The van der Waals surface area contributed by atoms with Gasteiger partial charge >= 0.3 is 0 Å². The molecule has 150 valence electrons. The van der Waals surface area contributed by atoms with Gasteiger partial charge < -0.3 is 14.5 Å². The second kappa shape index (κ2) is 9.64. The van der Waals surface area contributed by atoms with Gasteiger partial charge in [-0.2, -0.15) is 0 Å². The van der Waals surface area contributed by atoms with Gasteiger partial charge in [0.25, 0.3) is 5.91 Å². The van der Waals surface area contributed by atoms with Crippen molar-refractivity contribution in [1.29, 1.82) is 0 Å². The molecule has 6 nitrogen and oxygen atoms in total. The molecule has 1 saturated heterocycles. The number of rotatable bonds is 7. The van der Waals surface area contributed by atoms with E-state index in [9.17, 15) is 4.79 Å². The Kier molecular flexibility index (Phi) is 6.98. The Bertz CT molecular complexity index is 778. The lowest BCUT2D eigenvalue weighted by atomic mass is 9.97. The highest BCUT2D eigenvalue weighted by Gasteiger charge is 2.23. The molecule has 1 aromatic heterocycles. The molecule has 0 saturated carbocycles. The minimum Gasteiger partial charge on any atom is -0.496 e. The van der Waals surface area contributed by atoms with Gasteiger partial charge in [-0.15, -0.1) is 0 Å². The van der Waals surface area contributed by atoms with Gasteiger partial charge in [0.15, 0.2) is 0 Å². The van der Waals surface area contributed by atoms with Crippen LogP contribution in [0.15, 0.2) is 36.7 Å². The lowest BCUT2D eigenvalue weighted by Gasteiger charge is -2.34. The van der Waals surface area contributed by atoms with Crippen molar-refractivity contribution in [1.82, 2.24) is 19.8 Å². The minimum absolute atomic E-state index is 0.00820. The zero-order valence-corrected chi connectivity index (χ0v) is 17.1. The van der Waals surface area contributed by atoms with E-state index >= 15 is 0 Å². The molecule has 0 bridgehead atoms. The smallest absolute Gasteiger partial charge is 0.256 e. The first kappa shape index (κ1) is 20.3. The first-order valence-electron chi connectivity index (χ1n) is 9.95. The monoisotopic (exact) mass is 382 g/mol. The fourth-order valence-electron chi connectivity index (χ4n) is 3.89. The largest absolute Gasteiger partial charge is 0.496 e. The van der Waals surface area contributed by atoms with E-state index in [1.807, 2.05) is 31.0 Å². The Labute approximate surface area is 167 Å². The van der Waals surface area contributed by atoms with E-state index in [4.69, 9.17) is 4.74 Å². The highest BCUT2D eigenvalue weighted by Crippen LogP contribution is 2.21. The van der Waals surface area contributed by atoms with Crippen molar-refractivity contribution >= 4 is 5.91 Å². The molecule has 0 radical (unpaired) electrons. The number of carbonyl (C=O) groups is 1. The number of methoxy groups -OCH3 is 1. The highest BCUT2D eigenvalue weighted by molar-refractivity contribution is 5.93.